The number of ketones is 1. The van der Waals surface area contributed by atoms with Gasteiger partial charge in [0, 0.05) is 31.7 Å². The number of aliphatic hydroxyl groups is 1. The number of nitrogens with zero attached hydrogens (tertiary/aromatic N) is 2. The van der Waals surface area contributed by atoms with Crippen molar-refractivity contribution >= 4 is 17.0 Å². The summed E-state index contributed by atoms with van der Waals surface area (Å²) in [5, 5.41) is 10.5. The molecule has 0 saturated heterocycles. The summed E-state index contributed by atoms with van der Waals surface area (Å²) in [5.74, 6) is -0.268. The molecule has 0 aliphatic heterocycles. The van der Waals surface area contributed by atoms with Gasteiger partial charge in [-0.2, -0.15) is 0 Å². The molecular formula is C20H24N2O2. The van der Waals surface area contributed by atoms with E-state index in [0.29, 0.717) is 5.57 Å². The fraction of sp³-hybridized carbons (Fsp3) is 0.350. The number of Topliss-reactive ketones (excluding diaryl/α,β-unsaturated/α-hetero) is 1. The molecule has 0 fully saturated rings. The number of benzene rings is 1. The molecule has 1 N–H and O–H groups in total. The number of carbonyl (C=O) groups excluding carboxylic acids is 1. The molecule has 4 nitrogen and oxygen atoms in total. The van der Waals surface area contributed by atoms with Crippen LogP contribution in [0.3, 0.4) is 0 Å². The summed E-state index contributed by atoms with van der Waals surface area (Å²) in [6, 6.07) is 7.95. The predicted octanol–water partition coefficient (Wildman–Crippen LogP) is 2.89. The van der Waals surface area contributed by atoms with E-state index in [-0.39, 0.29) is 23.5 Å². The lowest BCUT2D eigenvalue weighted by Crippen LogP contribution is -2.36. The maximum atomic E-state index is 12.6. The summed E-state index contributed by atoms with van der Waals surface area (Å²) >= 11 is 0. The number of aliphatic hydroxyl groups excluding tert-OH is 1. The highest BCUT2D eigenvalue weighted by molar-refractivity contribution is 6.29. The van der Waals surface area contributed by atoms with Crippen molar-refractivity contribution in [2.75, 3.05) is 33.1 Å². The van der Waals surface area contributed by atoms with Crippen molar-refractivity contribution < 1.29 is 9.90 Å². The molecule has 126 valence electrons. The molecule has 1 aromatic carbocycles. The molecule has 1 unspecified atom stereocenters. The van der Waals surface area contributed by atoms with Gasteiger partial charge in [0.05, 0.1) is 11.5 Å². The Morgan fingerprint density at radius 2 is 1.50 bits per heavy atom. The summed E-state index contributed by atoms with van der Waals surface area (Å²) in [6.07, 6.45) is 8.20. The Kier molecular flexibility index (Phi) is 4.33. The van der Waals surface area contributed by atoms with Crippen molar-refractivity contribution in [3.8, 4) is 0 Å². The molecule has 2 aliphatic rings. The van der Waals surface area contributed by atoms with Gasteiger partial charge in [-0.1, -0.05) is 36.4 Å². The first-order chi connectivity index (χ1) is 11.4. The van der Waals surface area contributed by atoms with Gasteiger partial charge < -0.3 is 10.0 Å². The molecule has 1 aromatic rings. The van der Waals surface area contributed by atoms with Crippen LogP contribution in [0.1, 0.15) is 5.56 Å². The van der Waals surface area contributed by atoms with Gasteiger partial charge in [-0.05, 0) is 31.8 Å². The third-order valence-corrected chi connectivity index (χ3v) is 4.79. The molecule has 3 rings (SSSR count). The van der Waals surface area contributed by atoms with Crippen molar-refractivity contribution in [2.45, 2.75) is 6.04 Å². The van der Waals surface area contributed by atoms with Gasteiger partial charge >= 0.3 is 0 Å². The topological polar surface area (TPSA) is 43.8 Å². The number of hydrogen-bond acceptors (Lipinski definition) is 4. The molecule has 4 heteroatoms. The Morgan fingerprint density at radius 1 is 0.917 bits per heavy atom. The minimum atomic E-state index is -0.441. The van der Waals surface area contributed by atoms with E-state index in [2.05, 4.69) is 17.1 Å². The molecule has 2 aliphatic carbocycles. The van der Waals surface area contributed by atoms with Crippen LogP contribution in [0.2, 0.25) is 0 Å². The zero-order valence-electron chi connectivity index (χ0n) is 14.6. The van der Waals surface area contributed by atoms with E-state index >= 15 is 0 Å². The zero-order chi connectivity index (χ0) is 17.4. The monoisotopic (exact) mass is 324 g/mol. The lowest BCUT2D eigenvalue weighted by Gasteiger charge is -2.33. The van der Waals surface area contributed by atoms with Crippen LogP contribution in [0, 0.1) is 11.8 Å². The third-order valence-electron chi connectivity index (χ3n) is 4.79. The standard InChI is InChI=1S/C20H24N2O2/c1-21(2)15-9-5-13(6-10-15)17-19(23)18(20(17)24)14-7-11-16(12-8-14)22(3)4/h5-13,15,17,23H,1-4H3. The Labute approximate surface area is 143 Å². The average Bonchev–Trinajstić information content (AvgIpc) is 2.56. The number of likely N-dealkylation sites (N-methyl/N-ethyl adjacent to an activating group) is 1. The second kappa shape index (κ2) is 6.29. The summed E-state index contributed by atoms with van der Waals surface area (Å²) in [4.78, 5) is 16.7. The van der Waals surface area contributed by atoms with E-state index in [1.807, 2.05) is 69.5 Å². The molecule has 0 aromatic heterocycles. The van der Waals surface area contributed by atoms with Gasteiger partial charge in [-0.15, -0.1) is 0 Å². The number of anilines is 1. The van der Waals surface area contributed by atoms with E-state index in [1.54, 1.807) is 0 Å². The van der Waals surface area contributed by atoms with Crippen molar-refractivity contribution in [1.29, 1.82) is 0 Å². The maximum absolute atomic E-state index is 12.6. The van der Waals surface area contributed by atoms with Crippen LogP contribution in [0.15, 0.2) is 54.3 Å². The molecule has 24 heavy (non-hydrogen) atoms. The van der Waals surface area contributed by atoms with Gasteiger partial charge in [-0.3, -0.25) is 9.69 Å². The Balaban J connectivity index is 1.80. The molecular weight excluding hydrogens is 300 g/mol. The number of rotatable bonds is 4. The third kappa shape index (κ3) is 2.78. The van der Waals surface area contributed by atoms with Crippen molar-refractivity contribution in [3.05, 3.63) is 59.9 Å². The quantitative estimate of drug-likeness (QED) is 0.865. The maximum Gasteiger partial charge on any atom is 0.178 e. The van der Waals surface area contributed by atoms with Crippen LogP contribution in [0.25, 0.3) is 5.57 Å². The Morgan fingerprint density at radius 3 is 1.96 bits per heavy atom. The molecule has 0 radical (unpaired) electrons. The molecule has 0 saturated carbocycles. The molecule has 1 atom stereocenters. The molecule has 0 amide bonds. The second-order valence-corrected chi connectivity index (χ2v) is 6.84. The lowest BCUT2D eigenvalue weighted by molar-refractivity contribution is -0.120. The van der Waals surface area contributed by atoms with Crippen LogP contribution in [-0.2, 0) is 4.79 Å². The summed E-state index contributed by atoms with van der Waals surface area (Å²) < 4.78 is 0. The first-order valence-corrected chi connectivity index (χ1v) is 8.18. The first-order valence-electron chi connectivity index (χ1n) is 8.18. The van der Waals surface area contributed by atoms with Crippen molar-refractivity contribution in [2.24, 2.45) is 11.8 Å². The summed E-state index contributed by atoms with van der Waals surface area (Å²) in [6.45, 7) is 0. The highest BCUT2D eigenvalue weighted by atomic mass is 16.3. The van der Waals surface area contributed by atoms with Crippen LogP contribution in [-0.4, -0.2) is 50.0 Å². The van der Waals surface area contributed by atoms with Gasteiger partial charge in [0.15, 0.2) is 5.78 Å². The van der Waals surface area contributed by atoms with Crippen LogP contribution < -0.4 is 4.90 Å². The minimum Gasteiger partial charge on any atom is -0.511 e. The van der Waals surface area contributed by atoms with Gasteiger partial charge in [0.2, 0.25) is 0 Å². The van der Waals surface area contributed by atoms with E-state index in [0.717, 1.165) is 11.3 Å². The van der Waals surface area contributed by atoms with E-state index in [1.165, 1.54) is 0 Å². The summed E-state index contributed by atoms with van der Waals surface area (Å²) in [5.41, 5.74) is 2.31. The lowest BCUT2D eigenvalue weighted by atomic mass is 9.71. The van der Waals surface area contributed by atoms with E-state index < -0.39 is 5.92 Å². The van der Waals surface area contributed by atoms with Crippen molar-refractivity contribution in [3.63, 3.8) is 0 Å². The second-order valence-electron chi connectivity index (χ2n) is 6.84. The summed E-state index contributed by atoms with van der Waals surface area (Å²) in [7, 11) is 7.97. The van der Waals surface area contributed by atoms with E-state index in [4.69, 9.17) is 0 Å². The minimum absolute atomic E-state index is 0.0210. The van der Waals surface area contributed by atoms with E-state index in [9.17, 15) is 9.90 Å². The highest BCUT2D eigenvalue weighted by Crippen LogP contribution is 2.42. The normalized spacial score (nSPS) is 26.0. The van der Waals surface area contributed by atoms with Gasteiger partial charge in [-0.25, -0.2) is 0 Å². The van der Waals surface area contributed by atoms with Crippen LogP contribution in [0.5, 0.6) is 0 Å². The smallest absolute Gasteiger partial charge is 0.178 e. The largest absolute Gasteiger partial charge is 0.511 e. The Hall–Kier alpha value is -2.33. The number of hydrogen-bond donors (Lipinski definition) is 1. The molecule has 0 bridgehead atoms. The highest BCUT2D eigenvalue weighted by Gasteiger charge is 2.43. The van der Waals surface area contributed by atoms with Crippen LogP contribution in [0.4, 0.5) is 5.69 Å². The van der Waals surface area contributed by atoms with Crippen molar-refractivity contribution in [1.82, 2.24) is 4.90 Å². The molecule has 0 spiro atoms. The number of allylic oxidation sites excluding steroid dienone is 4. The average molecular weight is 324 g/mol. The first kappa shape index (κ1) is 16.5. The predicted molar refractivity (Wildman–Crippen MR) is 98.1 cm³/mol. The van der Waals surface area contributed by atoms with Gasteiger partial charge in [0.25, 0.3) is 0 Å². The van der Waals surface area contributed by atoms with Crippen LogP contribution >= 0.6 is 0 Å². The fourth-order valence-electron chi connectivity index (χ4n) is 3.24. The fourth-order valence-corrected chi connectivity index (χ4v) is 3.24. The SMILES string of the molecule is CN(C)c1ccc(C2=C(O)C(C3C=CC(N(C)C)C=C3)C2=O)cc1. The molecule has 0 heterocycles. The Bertz CT molecular complexity index is 713. The number of carbonyl (C=O) groups is 1. The van der Waals surface area contributed by atoms with Gasteiger partial charge in [0.1, 0.15) is 5.76 Å². The zero-order valence-corrected chi connectivity index (χ0v) is 14.6.